The van der Waals surface area contributed by atoms with Crippen LogP contribution in [0.4, 0.5) is 5.69 Å². The third kappa shape index (κ3) is 6.09. The monoisotopic (exact) mass is 543 g/mol. The summed E-state index contributed by atoms with van der Waals surface area (Å²) in [6.07, 6.45) is 1.14. The van der Waals surface area contributed by atoms with Crippen molar-refractivity contribution >= 4 is 39.4 Å². The average Bonchev–Trinajstić information content (AvgIpc) is 3.13. The first kappa shape index (κ1) is 27.4. The molecule has 0 aliphatic carbocycles. The molecule has 1 saturated heterocycles. The van der Waals surface area contributed by atoms with Gasteiger partial charge in [0.1, 0.15) is 6.04 Å². The van der Waals surface area contributed by atoms with Gasteiger partial charge in [-0.1, -0.05) is 23.8 Å². The zero-order chi connectivity index (χ0) is 27.3. The molecule has 0 aromatic heterocycles. The minimum absolute atomic E-state index is 0.00439. The largest absolute Gasteiger partial charge is 0.384 e. The van der Waals surface area contributed by atoms with E-state index in [4.69, 9.17) is 8.92 Å². The lowest BCUT2D eigenvalue weighted by Gasteiger charge is -2.27. The van der Waals surface area contributed by atoms with E-state index in [1.165, 1.54) is 18.2 Å². The number of carbonyl (C=O) groups is 4. The number of hydrogen-bond acceptors (Lipinski definition) is 9. The van der Waals surface area contributed by atoms with Gasteiger partial charge >= 0.3 is 0 Å². The van der Waals surface area contributed by atoms with Crippen LogP contribution in [-0.2, 0) is 28.6 Å². The normalized spacial score (nSPS) is 17.5. The van der Waals surface area contributed by atoms with E-state index >= 15 is 0 Å². The second-order valence-corrected chi connectivity index (χ2v) is 10.6. The van der Waals surface area contributed by atoms with E-state index < -0.39 is 39.8 Å². The number of fused-ring (bicyclic) bond motifs is 1. The molecule has 1 atom stereocenters. The van der Waals surface area contributed by atoms with Crippen LogP contribution in [0.3, 0.4) is 0 Å². The zero-order valence-corrected chi connectivity index (χ0v) is 21.7. The predicted molar refractivity (Wildman–Crippen MR) is 136 cm³/mol. The van der Waals surface area contributed by atoms with E-state index in [0.29, 0.717) is 38.3 Å². The number of piperidine rings is 1. The molecule has 2 aliphatic rings. The molecule has 0 spiro atoms. The molecule has 0 radical (unpaired) electrons. The van der Waals surface area contributed by atoms with E-state index in [1.807, 2.05) is 6.92 Å². The van der Waals surface area contributed by atoms with Crippen LogP contribution >= 0.6 is 0 Å². The molecule has 0 saturated carbocycles. The summed E-state index contributed by atoms with van der Waals surface area (Å²) in [4.78, 5) is 50.7. The van der Waals surface area contributed by atoms with E-state index in [2.05, 4.69) is 10.6 Å². The van der Waals surface area contributed by atoms with E-state index in [1.54, 1.807) is 24.3 Å². The number of benzene rings is 2. The van der Waals surface area contributed by atoms with Gasteiger partial charge < -0.3 is 10.1 Å². The van der Waals surface area contributed by atoms with Crippen molar-refractivity contribution < 1.29 is 36.5 Å². The third-order valence-electron chi connectivity index (χ3n) is 6.23. The smallest absolute Gasteiger partial charge is 0.296 e. The maximum atomic E-state index is 13.1. The van der Waals surface area contributed by atoms with Gasteiger partial charge in [-0.2, -0.15) is 8.42 Å². The minimum atomic E-state index is -3.80. The Kier molecular flexibility index (Phi) is 8.55. The summed E-state index contributed by atoms with van der Waals surface area (Å²) in [5.74, 6) is -2.20. The maximum Gasteiger partial charge on any atom is 0.296 e. The molecule has 4 amide bonds. The minimum Gasteiger partial charge on any atom is -0.384 e. The molecule has 2 aromatic carbocycles. The van der Waals surface area contributed by atoms with Crippen molar-refractivity contribution in [3.63, 3.8) is 0 Å². The molecule has 11 nitrogen and oxygen atoms in total. The van der Waals surface area contributed by atoms with Crippen molar-refractivity contribution in [1.29, 1.82) is 0 Å². The average molecular weight is 544 g/mol. The van der Waals surface area contributed by atoms with Crippen molar-refractivity contribution in [2.24, 2.45) is 0 Å². The molecule has 38 heavy (non-hydrogen) atoms. The van der Waals surface area contributed by atoms with Gasteiger partial charge in [-0.3, -0.25) is 33.6 Å². The molecule has 1 unspecified atom stereocenters. The Labute approximate surface area is 220 Å². The molecule has 12 heteroatoms. The summed E-state index contributed by atoms with van der Waals surface area (Å²) in [6.45, 7) is 3.04. The Morgan fingerprint density at radius 3 is 2.45 bits per heavy atom. The first-order valence-electron chi connectivity index (χ1n) is 12.3. The highest BCUT2D eigenvalue weighted by Crippen LogP contribution is 2.32. The van der Waals surface area contributed by atoms with Crippen molar-refractivity contribution in [2.45, 2.75) is 43.5 Å². The molecule has 2 heterocycles. The topological polar surface area (TPSA) is 148 Å². The Hall–Kier alpha value is -3.61. The van der Waals surface area contributed by atoms with Gasteiger partial charge in [0.15, 0.2) is 0 Å². The molecule has 4 rings (SSSR count). The number of anilines is 1. The number of rotatable bonds is 12. The first-order chi connectivity index (χ1) is 18.2. The van der Waals surface area contributed by atoms with E-state index in [0.717, 1.165) is 10.5 Å². The van der Waals surface area contributed by atoms with Crippen molar-refractivity contribution in [1.82, 2.24) is 10.2 Å². The van der Waals surface area contributed by atoms with Crippen LogP contribution in [0.5, 0.6) is 0 Å². The Balaban J connectivity index is 1.19. The summed E-state index contributed by atoms with van der Waals surface area (Å²) >= 11 is 0. The first-order valence-corrected chi connectivity index (χ1v) is 13.7. The number of nitrogens with zero attached hydrogens (tertiary/aromatic N) is 1. The second-order valence-electron chi connectivity index (χ2n) is 9.01. The third-order valence-corrected chi connectivity index (χ3v) is 7.56. The van der Waals surface area contributed by atoms with Crippen LogP contribution < -0.4 is 10.6 Å². The second kappa shape index (κ2) is 11.8. The fourth-order valence-electron chi connectivity index (χ4n) is 4.26. The van der Waals surface area contributed by atoms with E-state index in [-0.39, 0.29) is 35.5 Å². The van der Waals surface area contributed by atoms with Crippen LogP contribution in [-0.4, -0.2) is 69.4 Å². The summed E-state index contributed by atoms with van der Waals surface area (Å²) in [5, 5.41) is 5.32. The number of imide groups is 2. The molecular formula is C26H29N3O8S. The molecule has 202 valence electrons. The fourth-order valence-corrected chi connectivity index (χ4v) is 5.21. The number of nitrogens with one attached hydrogen (secondary N) is 2. The van der Waals surface area contributed by atoms with Gasteiger partial charge in [0, 0.05) is 31.9 Å². The summed E-state index contributed by atoms with van der Waals surface area (Å²) in [7, 11) is -3.80. The van der Waals surface area contributed by atoms with Gasteiger partial charge in [-0.05, 0) is 50.5 Å². The highest BCUT2D eigenvalue weighted by atomic mass is 32.2. The van der Waals surface area contributed by atoms with Crippen LogP contribution in [0.1, 0.15) is 52.0 Å². The summed E-state index contributed by atoms with van der Waals surface area (Å²) in [5.41, 5.74) is 1.85. The predicted octanol–water partition coefficient (Wildman–Crippen LogP) is 2.01. The van der Waals surface area contributed by atoms with Crippen LogP contribution in [0.25, 0.3) is 0 Å². The van der Waals surface area contributed by atoms with Crippen molar-refractivity contribution in [2.75, 3.05) is 31.7 Å². The Bertz CT molecular complexity index is 1340. The fraction of sp³-hybridized carbons (Fsp3) is 0.385. The highest BCUT2D eigenvalue weighted by Gasteiger charge is 2.45. The van der Waals surface area contributed by atoms with Crippen LogP contribution in [0.15, 0.2) is 47.4 Å². The number of ether oxygens (including phenoxy) is 1. The lowest BCUT2D eigenvalue weighted by Crippen LogP contribution is -2.54. The number of aryl methyl sites for hydroxylation is 1. The molecule has 2 N–H and O–H groups in total. The number of amides is 4. The summed E-state index contributed by atoms with van der Waals surface area (Å²) in [6, 6.07) is 10.3. The van der Waals surface area contributed by atoms with Crippen molar-refractivity contribution in [3.05, 3.63) is 59.2 Å². The van der Waals surface area contributed by atoms with Gasteiger partial charge in [-0.15, -0.1) is 0 Å². The standard InChI is InChI=1S/C26H29N3O8S/c1-17-7-9-18(10-8-17)38(34,35)37-16-4-15-36-14-3-13-27-20-6-2-5-19-23(20)26(33)29(25(19)32)21-11-12-22(30)28-24(21)31/h2,5-10,21,27H,3-4,11-16H2,1H3,(H,28,30,31). The van der Waals surface area contributed by atoms with Gasteiger partial charge in [0.25, 0.3) is 21.9 Å². The molecule has 0 bridgehead atoms. The quantitative estimate of drug-likeness (QED) is 0.233. The Morgan fingerprint density at radius 2 is 1.71 bits per heavy atom. The zero-order valence-electron chi connectivity index (χ0n) is 20.9. The Morgan fingerprint density at radius 1 is 0.974 bits per heavy atom. The molecule has 1 fully saturated rings. The van der Waals surface area contributed by atoms with Gasteiger partial charge in [0.05, 0.1) is 22.6 Å². The highest BCUT2D eigenvalue weighted by molar-refractivity contribution is 7.86. The number of hydrogen-bond donors (Lipinski definition) is 2. The number of carbonyl (C=O) groups excluding carboxylic acids is 4. The SMILES string of the molecule is Cc1ccc(S(=O)(=O)OCCCOCCCNc2cccc3c2C(=O)N(C2CCC(=O)NC2=O)C3=O)cc1. The van der Waals surface area contributed by atoms with Crippen molar-refractivity contribution in [3.8, 4) is 0 Å². The molecule has 2 aliphatic heterocycles. The van der Waals surface area contributed by atoms with E-state index in [9.17, 15) is 27.6 Å². The van der Waals surface area contributed by atoms with Gasteiger partial charge in [0.2, 0.25) is 11.8 Å². The lowest BCUT2D eigenvalue weighted by atomic mass is 10.0. The molecular weight excluding hydrogens is 514 g/mol. The van der Waals surface area contributed by atoms with Crippen LogP contribution in [0.2, 0.25) is 0 Å². The van der Waals surface area contributed by atoms with Gasteiger partial charge in [-0.25, -0.2) is 0 Å². The molecule has 2 aromatic rings. The summed E-state index contributed by atoms with van der Waals surface area (Å²) < 4.78 is 34.9. The lowest BCUT2D eigenvalue weighted by molar-refractivity contribution is -0.136. The van der Waals surface area contributed by atoms with Crippen LogP contribution in [0, 0.1) is 6.92 Å². The maximum absolute atomic E-state index is 13.1.